The van der Waals surface area contributed by atoms with Crippen LogP contribution >= 0.6 is 12.2 Å². The van der Waals surface area contributed by atoms with Crippen LogP contribution in [0.25, 0.3) is 0 Å². The van der Waals surface area contributed by atoms with Crippen molar-refractivity contribution in [3.05, 3.63) is 47.8 Å². The summed E-state index contributed by atoms with van der Waals surface area (Å²) < 4.78 is 1.92. The Labute approximate surface area is 131 Å². The molecule has 0 amide bonds. The molecule has 0 saturated heterocycles. The molecule has 2 rings (SSSR count). The third-order valence-corrected chi connectivity index (χ3v) is 3.55. The minimum Gasteiger partial charge on any atom is -0.362 e. The second-order valence-electron chi connectivity index (χ2n) is 5.09. The van der Waals surface area contributed by atoms with E-state index in [9.17, 15) is 0 Å². The van der Waals surface area contributed by atoms with Gasteiger partial charge in [-0.1, -0.05) is 37.6 Å². The van der Waals surface area contributed by atoms with Gasteiger partial charge in [0, 0.05) is 12.7 Å². The number of benzene rings is 1. The number of hydrogen-bond acceptors (Lipinski definition) is 2. The average Bonchev–Trinajstić information content (AvgIpc) is 2.89. The van der Waals surface area contributed by atoms with Crippen molar-refractivity contribution in [1.29, 1.82) is 0 Å². The summed E-state index contributed by atoms with van der Waals surface area (Å²) in [7, 11) is 0. The number of hydrogen-bond donors (Lipinski definition) is 2. The van der Waals surface area contributed by atoms with Gasteiger partial charge in [0.05, 0.1) is 18.4 Å². The Bertz CT molecular complexity index is 591. The monoisotopic (exact) mass is 302 g/mol. The molecule has 112 valence electrons. The lowest BCUT2D eigenvalue weighted by Gasteiger charge is -2.08. The molecule has 1 aromatic carbocycles. The highest BCUT2D eigenvalue weighted by molar-refractivity contribution is 7.80. The van der Waals surface area contributed by atoms with Gasteiger partial charge >= 0.3 is 0 Å². The number of nitrogens with one attached hydrogen (secondary N) is 2. The molecule has 0 saturated carbocycles. The average molecular weight is 302 g/mol. The van der Waals surface area contributed by atoms with Crippen molar-refractivity contribution >= 4 is 23.0 Å². The molecule has 2 N–H and O–H groups in total. The molecule has 0 aliphatic rings. The second kappa shape index (κ2) is 7.78. The van der Waals surface area contributed by atoms with Crippen LogP contribution in [-0.2, 0) is 6.54 Å². The molecule has 0 unspecified atom stereocenters. The smallest absolute Gasteiger partial charge is 0.170 e. The van der Waals surface area contributed by atoms with Crippen molar-refractivity contribution in [2.75, 3.05) is 11.9 Å². The maximum absolute atomic E-state index is 5.25. The normalized spacial score (nSPS) is 10.4. The summed E-state index contributed by atoms with van der Waals surface area (Å²) in [6, 6.07) is 8.35. The first-order valence-electron chi connectivity index (χ1n) is 7.31. The van der Waals surface area contributed by atoms with Crippen LogP contribution in [0.4, 0.5) is 5.69 Å². The summed E-state index contributed by atoms with van der Waals surface area (Å²) in [5, 5.41) is 11.4. The van der Waals surface area contributed by atoms with Crippen LogP contribution in [-0.4, -0.2) is 21.4 Å². The summed E-state index contributed by atoms with van der Waals surface area (Å²) in [4.78, 5) is 0. The molecule has 0 fully saturated rings. The Hall–Kier alpha value is -1.88. The lowest BCUT2D eigenvalue weighted by Crippen LogP contribution is -2.28. The molecule has 0 aliphatic heterocycles. The van der Waals surface area contributed by atoms with E-state index in [1.54, 1.807) is 6.20 Å². The zero-order valence-electron chi connectivity index (χ0n) is 12.6. The number of aromatic nitrogens is 2. The summed E-state index contributed by atoms with van der Waals surface area (Å²) in [5.41, 5.74) is 3.47. The molecule has 0 radical (unpaired) electrons. The van der Waals surface area contributed by atoms with Crippen LogP contribution in [0.2, 0.25) is 0 Å². The van der Waals surface area contributed by atoms with E-state index in [4.69, 9.17) is 12.2 Å². The molecule has 0 spiro atoms. The van der Waals surface area contributed by atoms with E-state index in [1.807, 2.05) is 10.9 Å². The maximum atomic E-state index is 5.25. The Balaban J connectivity index is 1.89. The first-order valence-corrected chi connectivity index (χ1v) is 7.71. The van der Waals surface area contributed by atoms with E-state index in [-0.39, 0.29) is 0 Å². The van der Waals surface area contributed by atoms with E-state index in [2.05, 4.69) is 53.8 Å². The lowest BCUT2D eigenvalue weighted by molar-refractivity contribution is 0.684. The first kappa shape index (κ1) is 15.5. The van der Waals surface area contributed by atoms with Crippen LogP contribution in [0.15, 0.2) is 36.7 Å². The highest BCUT2D eigenvalue weighted by atomic mass is 32.1. The number of anilines is 1. The number of thiocarbonyl (C=S) groups is 1. The highest BCUT2D eigenvalue weighted by Gasteiger charge is 2.03. The molecular weight excluding hydrogens is 280 g/mol. The van der Waals surface area contributed by atoms with Gasteiger partial charge in [0.2, 0.25) is 0 Å². The minimum atomic E-state index is 0.652. The van der Waals surface area contributed by atoms with Gasteiger partial charge in [-0.25, -0.2) is 0 Å². The fourth-order valence-electron chi connectivity index (χ4n) is 2.03. The third-order valence-electron chi connectivity index (χ3n) is 3.30. The van der Waals surface area contributed by atoms with Crippen molar-refractivity contribution in [3.8, 4) is 0 Å². The van der Waals surface area contributed by atoms with Crippen LogP contribution in [0.1, 0.15) is 30.9 Å². The minimum absolute atomic E-state index is 0.652. The highest BCUT2D eigenvalue weighted by Crippen LogP contribution is 2.11. The van der Waals surface area contributed by atoms with Crippen molar-refractivity contribution in [1.82, 2.24) is 15.1 Å². The fourth-order valence-corrected chi connectivity index (χ4v) is 2.25. The molecule has 0 bridgehead atoms. The van der Waals surface area contributed by atoms with Crippen LogP contribution in [0, 0.1) is 6.92 Å². The molecule has 2 aromatic rings. The predicted molar refractivity (Wildman–Crippen MR) is 91.6 cm³/mol. The topological polar surface area (TPSA) is 41.9 Å². The second-order valence-corrected chi connectivity index (χ2v) is 5.50. The third kappa shape index (κ3) is 4.86. The molecule has 0 aliphatic carbocycles. The maximum Gasteiger partial charge on any atom is 0.170 e. The zero-order valence-corrected chi connectivity index (χ0v) is 13.4. The molecule has 4 nitrogen and oxygen atoms in total. The predicted octanol–water partition coefficient (Wildman–Crippen LogP) is 3.33. The Morgan fingerprint density at radius 1 is 1.33 bits per heavy atom. The van der Waals surface area contributed by atoms with E-state index in [1.165, 1.54) is 11.1 Å². The number of rotatable bonds is 6. The first-order chi connectivity index (χ1) is 10.2. The number of nitrogens with zero attached hydrogens (tertiary/aromatic N) is 2. The van der Waals surface area contributed by atoms with Gasteiger partial charge in [-0.2, -0.15) is 5.10 Å². The quantitative estimate of drug-likeness (QED) is 0.634. The van der Waals surface area contributed by atoms with E-state index in [0.29, 0.717) is 5.11 Å². The van der Waals surface area contributed by atoms with Gasteiger partial charge in [-0.05, 0) is 36.7 Å². The van der Waals surface area contributed by atoms with Gasteiger partial charge < -0.3 is 10.6 Å². The Morgan fingerprint density at radius 2 is 2.14 bits per heavy atom. The molecule has 1 heterocycles. The van der Waals surface area contributed by atoms with Gasteiger partial charge in [-0.15, -0.1) is 0 Å². The molecule has 0 atom stereocenters. The van der Waals surface area contributed by atoms with Gasteiger partial charge in [0.1, 0.15) is 0 Å². The largest absolute Gasteiger partial charge is 0.362 e. The number of unbranched alkanes of at least 4 members (excludes halogenated alkanes) is 1. The van der Waals surface area contributed by atoms with Crippen LogP contribution in [0.5, 0.6) is 0 Å². The van der Waals surface area contributed by atoms with Crippen LogP contribution in [0.3, 0.4) is 0 Å². The summed E-state index contributed by atoms with van der Waals surface area (Å²) in [6.07, 6.45) is 6.05. The molecular formula is C16H22N4S. The summed E-state index contributed by atoms with van der Waals surface area (Å²) >= 11 is 5.25. The summed E-state index contributed by atoms with van der Waals surface area (Å²) in [6.45, 7) is 5.95. The van der Waals surface area contributed by atoms with Crippen LogP contribution < -0.4 is 10.6 Å². The van der Waals surface area contributed by atoms with E-state index < -0.39 is 0 Å². The fraction of sp³-hybridized carbons (Fsp3) is 0.375. The van der Waals surface area contributed by atoms with Crippen molar-refractivity contribution in [3.63, 3.8) is 0 Å². The zero-order chi connectivity index (χ0) is 15.1. The van der Waals surface area contributed by atoms with Crippen molar-refractivity contribution < 1.29 is 0 Å². The SMILES string of the molecule is CCCCNC(=S)Nc1cnn(Cc2ccccc2C)c1. The molecule has 5 heteroatoms. The molecule has 21 heavy (non-hydrogen) atoms. The Morgan fingerprint density at radius 3 is 2.90 bits per heavy atom. The van der Waals surface area contributed by atoms with Gasteiger partial charge in [0.15, 0.2) is 5.11 Å². The van der Waals surface area contributed by atoms with E-state index >= 15 is 0 Å². The summed E-state index contributed by atoms with van der Waals surface area (Å²) in [5.74, 6) is 0. The van der Waals surface area contributed by atoms with Gasteiger partial charge in [0.25, 0.3) is 0 Å². The van der Waals surface area contributed by atoms with Gasteiger partial charge in [-0.3, -0.25) is 4.68 Å². The number of aryl methyl sites for hydroxylation is 1. The lowest BCUT2D eigenvalue weighted by atomic mass is 10.1. The standard InChI is InChI=1S/C16H22N4S/c1-3-4-9-17-16(21)19-15-10-18-20(12-15)11-14-8-6-5-7-13(14)2/h5-8,10,12H,3-4,9,11H2,1-2H3,(H2,17,19,21). The van der Waals surface area contributed by atoms with Crippen molar-refractivity contribution in [2.45, 2.75) is 33.2 Å². The molecule has 1 aromatic heterocycles. The Kier molecular flexibility index (Phi) is 5.75. The van der Waals surface area contributed by atoms with E-state index in [0.717, 1.165) is 31.6 Å². The van der Waals surface area contributed by atoms with Crippen molar-refractivity contribution in [2.24, 2.45) is 0 Å².